The number of H-pyrrole nitrogens is 1. The fourth-order valence-corrected chi connectivity index (χ4v) is 3.11. The number of amides is 1. The number of nitrogens with zero attached hydrogens (tertiary/aromatic N) is 2. The van der Waals surface area contributed by atoms with Crippen molar-refractivity contribution < 1.29 is 9.32 Å². The molecule has 2 aromatic heterocycles. The molecule has 2 N–H and O–H groups in total. The standard InChI is InChI=1S/C17H18N4O2/c22-16(19-13-4-2-1-3-5-13)17-20-15(21-23-17)12-7-6-11-8-9-18-14(11)10-12/h6-10,13,18H,1-5H2,(H,19,22). The third kappa shape index (κ3) is 2.84. The van der Waals surface area contributed by atoms with E-state index in [4.69, 9.17) is 4.52 Å². The van der Waals surface area contributed by atoms with Gasteiger partial charge in [0, 0.05) is 23.3 Å². The molecule has 1 fully saturated rings. The summed E-state index contributed by atoms with van der Waals surface area (Å²) in [7, 11) is 0. The highest BCUT2D eigenvalue weighted by Gasteiger charge is 2.21. The van der Waals surface area contributed by atoms with Crippen LogP contribution >= 0.6 is 0 Å². The lowest BCUT2D eigenvalue weighted by Gasteiger charge is -2.21. The molecular formula is C17H18N4O2. The van der Waals surface area contributed by atoms with Crippen LogP contribution < -0.4 is 5.32 Å². The van der Waals surface area contributed by atoms with E-state index < -0.39 is 0 Å². The van der Waals surface area contributed by atoms with Crippen molar-refractivity contribution in [3.63, 3.8) is 0 Å². The summed E-state index contributed by atoms with van der Waals surface area (Å²) in [6.45, 7) is 0. The van der Waals surface area contributed by atoms with Crippen LogP contribution in [0.2, 0.25) is 0 Å². The van der Waals surface area contributed by atoms with E-state index in [9.17, 15) is 4.79 Å². The number of hydrogen-bond acceptors (Lipinski definition) is 4. The summed E-state index contributed by atoms with van der Waals surface area (Å²) in [5.41, 5.74) is 1.82. The van der Waals surface area contributed by atoms with E-state index in [2.05, 4.69) is 20.4 Å². The van der Waals surface area contributed by atoms with Crippen LogP contribution in [0.25, 0.3) is 22.3 Å². The van der Waals surface area contributed by atoms with Gasteiger partial charge in [0.2, 0.25) is 5.82 Å². The molecule has 0 aliphatic heterocycles. The molecule has 118 valence electrons. The molecular weight excluding hydrogens is 292 g/mol. The van der Waals surface area contributed by atoms with E-state index in [1.54, 1.807) is 0 Å². The fraction of sp³-hybridized carbons (Fsp3) is 0.353. The number of rotatable bonds is 3. The average Bonchev–Trinajstić information content (AvgIpc) is 3.24. The Morgan fingerprint density at radius 3 is 2.96 bits per heavy atom. The number of carbonyl (C=O) groups is 1. The molecule has 0 radical (unpaired) electrons. The number of aromatic nitrogens is 3. The molecule has 6 heteroatoms. The predicted molar refractivity (Wildman–Crippen MR) is 85.9 cm³/mol. The number of nitrogens with one attached hydrogen (secondary N) is 2. The van der Waals surface area contributed by atoms with Gasteiger partial charge in [0.25, 0.3) is 0 Å². The molecule has 0 bridgehead atoms. The highest BCUT2D eigenvalue weighted by molar-refractivity contribution is 5.90. The van der Waals surface area contributed by atoms with E-state index in [0.717, 1.165) is 42.1 Å². The first-order chi connectivity index (χ1) is 11.3. The van der Waals surface area contributed by atoms with Gasteiger partial charge in [-0.15, -0.1) is 0 Å². The molecule has 3 aromatic rings. The zero-order valence-electron chi connectivity index (χ0n) is 12.7. The second-order valence-electron chi connectivity index (χ2n) is 6.01. The highest BCUT2D eigenvalue weighted by atomic mass is 16.5. The van der Waals surface area contributed by atoms with E-state index in [-0.39, 0.29) is 17.8 Å². The number of carbonyl (C=O) groups excluding carboxylic acids is 1. The van der Waals surface area contributed by atoms with E-state index in [1.165, 1.54) is 6.42 Å². The Labute approximate surface area is 133 Å². The SMILES string of the molecule is O=C(NC1CCCCC1)c1nc(-c2ccc3cc[nH]c3c2)no1. The lowest BCUT2D eigenvalue weighted by Crippen LogP contribution is -2.36. The van der Waals surface area contributed by atoms with Crippen molar-refractivity contribution in [3.05, 3.63) is 36.4 Å². The van der Waals surface area contributed by atoms with Crippen LogP contribution in [-0.2, 0) is 0 Å². The molecule has 23 heavy (non-hydrogen) atoms. The second-order valence-corrected chi connectivity index (χ2v) is 6.01. The van der Waals surface area contributed by atoms with Crippen molar-refractivity contribution >= 4 is 16.8 Å². The molecule has 1 aliphatic carbocycles. The maximum Gasteiger partial charge on any atom is 0.316 e. The Bertz CT molecular complexity index is 830. The van der Waals surface area contributed by atoms with Gasteiger partial charge in [0.15, 0.2) is 0 Å². The minimum Gasteiger partial charge on any atom is -0.361 e. The first-order valence-corrected chi connectivity index (χ1v) is 8.02. The first-order valence-electron chi connectivity index (χ1n) is 8.02. The van der Waals surface area contributed by atoms with Crippen LogP contribution in [0.5, 0.6) is 0 Å². The minimum atomic E-state index is -0.281. The second kappa shape index (κ2) is 5.87. The van der Waals surface area contributed by atoms with Crippen LogP contribution in [-0.4, -0.2) is 27.1 Å². The van der Waals surface area contributed by atoms with Crippen LogP contribution in [0.1, 0.15) is 42.8 Å². The summed E-state index contributed by atoms with van der Waals surface area (Å²) in [6.07, 6.45) is 7.50. The predicted octanol–water partition coefficient (Wildman–Crippen LogP) is 3.28. The number of hydrogen-bond donors (Lipinski definition) is 2. The quantitative estimate of drug-likeness (QED) is 0.777. The summed E-state index contributed by atoms with van der Waals surface area (Å²) in [6, 6.07) is 8.08. The molecule has 1 amide bonds. The van der Waals surface area contributed by atoms with Gasteiger partial charge in [-0.2, -0.15) is 4.98 Å². The topological polar surface area (TPSA) is 83.8 Å². The zero-order valence-corrected chi connectivity index (χ0v) is 12.7. The van der Waals surface area contributed by atoms with Crippen LogP contribution in [0.4, 0.5) is 0 Å². The normalized spacial score (nSPS) is 15.8. The summed E-state index contributed by atoms with van der Waals surface area (Å²) < 4.78 is 5.13. The van der Waals surface area contributed by atoms with Crippen LogP contribution in [0, 0.1) is 0 Å². The zero-order chi connectivity index (χ0) is 15.6. The van der Waals surface area contributed by atoms with Gasteiger partial charge in [-0.1, -0.05) is 36.6 Å². The van der Waals surface area contributed by atoms with Crippen LogP contribution in [0.3, 0.4) is 0 Å². The Hall–Kier alpha value is -2.63. The first kappa shape index (κ1) is 14.0. The monoisotopic (exact) mass is 310 g/mol. The molecule has 1 saturated carbocycles. The Morgan fingerprint density at radius 1 is 1.22 bits per heavy atom. The van der Waals surface area contributed by atoms with Gasteiger partial charge in [-0.3, -0.25) is 4.79 Å². The maximum absolute atomic E-state index is 12.2. The van der Waals surface area contributed by atoms with Crippen molar-refractivity contribution in [1.29, 1.82) is 0 Å². The molecule has 1 aliphatic rings. The van der Waals surface area contributed by atoms with Gasteiger partial charge in [0.05, 0.1) is 0 Å². The number of benzene rings is 1. The number of fused-ring (bicyclic) bond motifs is 1. The van der Waals surface area contributed by atoms with E-state index in [1.807, 2.05) is 30.5 Å². The molecule has 0 atom stereocenters. The summed E-state index contributed by atoms with van der Waals surface area (Å²) >= 11 is 0. The Morgan fingerprint density at radius 2 is 2.09 bits per heavy atom. The van der Waals surface area contributed by atoms with Crippen molar-refractivity contribution in [2.75, 3.05) is 0 Å². The van der Waals surface area contributed by atoms with Crippen LogP contribution in [0.15, 0.2) is 35.0 Å². The maximum atomic E-state index is 12.2. The molecule has 6 nitrogen and oxygen atoms in total. The van der Waals surface area contributed by atoms with Gasteiger partial charge < -0.3 is 14.8 Å². The van der Waals surface area contributed by atoms with Gasteiger partial charge >= 0.3 is 11.8 Å². The van der Waals surface area contributed by atoms with E-state index in [0.29, 0.717) is 5.82 Å². The largest absolute Gasteiger partial charge is 0.361 e. The Kier molecular flexibility index (Phi) is 3.57. The molecule has 2 heterocycles. The summed E-state index contributed by atoms with van der Waals surface area (Å²) in [5, 5.41) is 8.03. The lowest BCUT2D eigenvalue weighted by molar-refractivity contribution is 0.0883. The van der Waals surface area contributed by atoms with Crippen molar-refractivity contribution in [2.24, 2.45) is 0 Å². The molecule has 1 aromatic carbocycles. The van der Waals surface area contributed by atoms with E-state index >= 15 is 0 Å². The molecule has 4 rings (SSSR count). The van der Waals surface area contributed by atoms with Gasteiger partial charge in [0.1, 0.15) is 0 Å². The average molecular weight is 310 g/mol. The van der Waals surface area contributed by atoms with Crippen molar-refractivity contribution in [3.8, 4) is 11.4 Å². The number of aromatic amines is 1. The van der Waals surface area contributed by atoms with Crippen molar-refractivity contribution in [2.45, 2.75) is 38.1 Å². The Balaban J connectivity index is 1.52. The van der Waals surface area contributed by atoms with Gasteiger partial charge in [-0.05, 0) is 30.4 Å². The van der Waals surface area contributed by atoms with Gasteiger partial charge in [-0.25, -0.2) is 0 Å². The molecule has 0 unspecified atom stereocenters. The van der Waals surface area contributed by atoms with Crippen molar-refractivity contribution in [1.82, 2.24) is 20.4 Å². The fourth-order valence-electron chi connectivity index (χ4n) is 3.11. The highest BCUT2D eigenvalue weighted by Crippen LogP contribution is 2.22. The minimum absolute atomic E-state index is 0.0251. The lowest BCUT2D eigenvalue weighted by atomic mass is 9.95. The smallest absolute Gasteiger partial charge is 0.316 e. The summed E-state index contributed by atoms with van der Waals surface area (Å²) in [4.78, 5) is 19.6. The molecule has 0 spiro atoms. The third-order valence-corrected chi connectivity index (χ3v) is 4.37. The molecule has 0 saturated heterocycles. The third-order valence-electron chi connectivity index (χ3n) is 4.37. The summed E-state index contributed by atoms with van der Waals surface area (Å²) in [5.74, 6) is 0.170.